The van der Waals surface area contributed by atoms with Gasteiger partial charge in [-0.3, -0.25) is 9.59 Å². The van der Waals surface area contributed by atoms with Gasteiger partial charge in [0.1, 0.15) is 0 Å². The van der Waals surface area contributed by atoms with Crippen LogP contribution in [0.5, 0.6) is 0 Å². The lowest BCUT2D eigenvalue weighted by atomic mass is 10.3. The van der Waals surface area contributed by atoms with Gasteiger partial charge in [-0.2, -0.15) is 0 Å². The van der Waals surface area contributed by atoms with E-state index in [0.717, 1.165) is 0 Å². The molecule has 10 heavy (non-hydrogen) atoms. The fourth-order valence-corrected chi connectivity index (χ4v) is 1.39. The highest BCUT2D eigenvalue weighted by atomic mass is 16.2. The Bertz CT molecular complexity index is 242. The highest BCUT2D eigenvalue weighted by Gasteiger charge is 2.33. The number of carbonyl (C=O) groups is 2. The standard InChI is InChI=1S/C7H7NO2/c9-6-3-4-8-5(6)1-2-7(8)10/h1H,2-4H2. The zero-order chi connectivity index (χ0) is 7.14. The predicted molar refractivity (Wildman–Crippen MR) is 34.0 cm³/mol. The Hall–Kier alpha value is -1.12. The van der Waals surface area contributed by atoms with Crippen LogP contribution in [0.3, 0.4) is 0 Å². The van der Waals surface area contributed by atoms with Crippen molar-refractivity contribution in [2.75, 3.05) is 6.54 Å². The number of Topliss-reactive ketones (excluding diaryl/α,β-unsaturated/α-hetero) is 1. The van der Waals surface area contributed by atoms with Gasteiger partial charge in [-0.15, -0.1) is 0 Å². The van der Waals surface area contributed by atoms with Crippen LogP contribution in [0, 0.1) is 0 Å². The van der Waals surface area contributed by atoms with E-state index in [1.165, 1.54) is 0 Å². The largest absolute Gasteiger partial charge is 0.309 e. The van der Waals surface area contributed by atoms with Gasteiger partial charge in [0, 0.05) is 19.4 Å². The van der Waals surface area contributed by atoms with Gasteiger partial charge in [0.2, 0.25) is 5.91 Å². The molecular weight excluding hydrogens is 130 g/mol. The van der Waals surface area contributed by atoms with E-state index in [2.05, 4.69) is 0 Å². The summed E-state index contributed by atoms with van der Waals surface area (Å²) in [6.45, 7) is 0.601. The van der Waals surface area contributed by atoms with Crippen LogP contribution in [0.2, 0.25) is 0 Å². The average Bonchev–Trinajstić information content (AvgIpc) is 2.41. The van der Waals surface area contributed by atoms with E-state index in [-0.39, 0.29) is 11.7 Å². The van der Waals surface area contributed by atoms with Crippen molar-refractivity contribution in [3.05, 3.63) is 11.8 Å². The van der Waals surface area contributed by atoms with Crippen molar-refractivity contribution in [3.63, 3.8) is 0 Å². The van der Waals surface area contributed by atoms with E-state index in [0.29, 0.717) is 25.1 Å². The Morgan fingerprint density at radius 3 is 2.90 bits per heavy atom. The summed E-state index contributed by atoms with van der Waals surface area (Å²) in [6, 6.07) is 0. The topological polar surface area (TPSA) is 37.4 Å². The maximum Gasteiger partial charge on any atom is 0.230 e. The quantitative estimate of drug-likeness (QED) is 0.474. The number of allylic oxidation sites excluding steroid dienone is 1. The second-order valence-electron chi connectivity index (χ2n) is 2.51. The zero-order valence-corrected chi connectivity index (χ0v) is 5.46. The summed E-state index contributed by atoms with van der Waals surface area (Å²) >= 11 is 0. The van der Waals surface area contributed by atoms with Gasteiger partial charge in [-0.1, -0.05) is 0 Å². The van der Waals surface area contributed by atoms with Crippen LogP contribution < -0.4 is 0 Å². The molecule has 2 rings (SSSR count). The predicted octanol–water partition coefficient (Wildman–Crippen LogP) is 0.0754. The molecule has 3 nitrogen and oxygen atoms in total. The molecule has 0 aliphatic carbocycles. The number of carbonyl (C=O) groups excluding carboxylic acids is 2. The molecule has 1 fully saturated rings. The number of rotatable bonds is 0. The van der Waals surface area contributed by atoms with E-state index in [4.69, 9.17) is 0 Å². The second kappa shape index (κ2) is 1.68. The van der Waals surface area contributed by atoms with E-state index in [1.54, 1.807) is 11.0 Å². The number of amides is 1. The Kier molecular flexibility index (Phi) is 0.952. The zero-order valence-electron chi connectivity index (χ0n) is 5.46. The van der Waals surface area contributed by atoms with Crippen molar-refractivity contribution in [1.82, 2.24) is 4.90 Å². The molecule has 0 aromatic rings. The number of hydrogen-bond acceptors (Lipinski definition) is 2. The first kappa shape index (κ1) is 5.65. The van der Waals surface area contributed by atoms with Crippen molar-refractivity contribution in [3.8, 4) is 0 Å². The van der Waals surface area contributed by atoms with Gasteiger partial charge < -0.3 is 4.90 Å². The second-order valence-corrected chi connectivity index (χ2v) is 2.51. The molecule has 2 aliphatic heterocycles. The average molecular weight is 137 g/mol. The number of hydrogen-bond donors (Lipinski definition) is 0. The van der Waals surface area contributed by atoms with Crippen molar-refractivity contribution in [2.24, 2.45) is 0 Å². The minimum Gasteiger partial charge on any atom is -0.309 e. The summed E-state index contributed by atoms with van der Waals surface area (Å²) in [7, 11) is 0. The third-order valence-electron chi connectivity index (χ3n) is 1.91. The lowest BCUT2D eigenvalue weighted by Gasteiger charge is -2.07. The summed E-state index contributed by atoms with van der Waals surface area (Å²) in [6.07, 6.45) is 2.65. The maximum atomic E-state index is 10.9. The summed E-state index contributed by atoms with van der Waals surface area (Å²) in [5.74, 6) is 0.187. The molecule has 0 bridgehead atoms. The van der Waals surface area contributed by atoms with Crippen LogP contribution in [0.25, 0.3) is 0 Å². The molecule has 1 saturated heterocycles. The Morgan fingerprint density at radius 2 is 2.20 bits per heavy atom. The van der Waals surface area contributed by atoms with Crippen LogP contribution in [0.15, 0.2) is 11.8 Å². The molecule has 0 unspecified atom stereocenters. The lowest BCUT2D eigenvalue weighted by molar-refractivity contribution is -0.127. The molecule has 3 heteroatoms. The van der Waals surface area contributed by atoms with E-state index in [1.807, 2.05) is 0 Å². The molecule has 0 saturated carbocycles. The van der Waals surface area contributed by atoms with Gasteiger partial charge >= 0.3 is 0 Å². The Balaban J connectivity index is 2.37. The molecule has 2 aliphatic rings. The van der Waals surface area contributed by atoms with Crippen molar-refractivity contribution in [2.45, 2.75) is 12.8 Å². The normalized spacial score (nSPS) is 23.6. The molecule has 52 valence electrons. The molecule has 0 aromatic heterocycles. The van der Waals surface area contributed by atoms with Crippen LogP contribution in [0.4, 0.5) is 0 Å². The van der Waals surface area contributed by atoms with Crippen molar-refractivity contribution in [1.29, 1.82) is 0 Å². The molecular formula is C7H7NO2. The fourth-order valence-electron chi connectivity index (χ4n) is 1.39. The number of fused-ring (bicyclic) bond motifs is 1. The van der Waals surface area contributed by atoms with Crippen molar-refractivity contribution < 1.29 is 9.59 Å². The minimum absolute atomic E-state index is 0.0702. The van der Waals surface area contributed by atoms with Gasteiger partial charge in [0.05, 0.1) is 5.70 Å². The molecule has 0 atom stereocenters. The van der Waals surface area contributed by atoms with Crippen LogP contribution in [0.1, 0.15) is 12.8 Å². The highest BCUT2D eigenvalue weighted by Crippen LogP contribution is 2.24. The number of nitrogens with zero attached hydrogens (tertiary/aromatic N) is 1. The smallest absolute Gasteiger partial charge is 0.230 e. The molecule has 0 radical (unpaired) electrons. The van der Waals surface area contributed by atoms with Crippen LogP contribution in [-0.4, -0.2) is 23.1 Å². The maximum absolute atomic E-state index is 10.9. The molecule has 2 heterocycles. The minimum atomic E-state index is 0.0702. The van der Waals surface area contributed by atoms with Gasteiger partial charge in [0.25, 0.3) is 0 Å². The monoisotopic (exact) mass is 137 g/mol. The fraction of sp³-hybridized carbons (Fsp3) is 0.429. The molecule has 0 spiro atoms. The summed E-state index contributed by atoms with van der Waals surface area (Å²) < 4.78 is 0. The van der Waals surface area contributed by atoms with Gasteiger partial charge in [0.15, 0.2) is 5.78 Å². The highest BCUT2D eigenvalue weighted by molar-refractivity contribution is 6.04. The first-order chi connectivity index (χ1) is 4.79. The van der Waals surface area contributed by atoms with E-state index in [9.17, 15) is 9.59 Å². The van der Waals surface area contributed by atoms with Gasteiger partial charge in [-0.25, -0.2) is 0 Å². The lowest BCUT2D eigenvalue weighted by Crippen LogP contribution is -2.20. The number of ketones is 1. The molecule has 0 aromatic carbocycles. The SMILES string of the molecule is O=C1CCN2C(=O)CC=C12. The van der Waals surface area contributed by atoms with Crippen molar-refractivity contribution >= 4 is 11.7 Å². The molecule has 1 amide bonds. The molecule has 0 N–H and O–H groups in total. The first-order valence-electron chi connectivity index (χ1n) is 3.33. The van der Waals surface area contributed by atoms with E-state index >= 15 is 0 Å². The Morgan fingerprint density at radius 1 is 1.40 bits per heavy atom. The Labute approximate surface area is 58.3 Å². The van der Waals surface area contributed by atoms with Crippen LogP contribution in [-0.2, 0) is 9.59 Å². The first-order valence-corrected chi connectivity index (χ1v) is 3.33. The summed E-state index contributed by atoms with van der Waals surface area (Å²) in [4.78, 5) is 23.4. The van der Waals surface area contributed by atoms with Gasteiger partial charge in [-0.05, 0) is 6.08 Å². The third-order valence-corrected chi connectivity index (χ3v) is 1.91. The summed E-state index contributed by atoms with van der Waals surface area (Å²) in [5.41, 5.74) is 0.630. The third kappa shape index (κ3) is 0.546. The van der Waals surface area contributed by atoms with E-state index < -0.39 is 0 Å². The van der Waals surface area contributed by atoms with Crippen LogP contribution >= 0.6 is 0 Å². The summed E-state index contributed by atoms with van der Waals surface area (Å²) in [5, 5.41) is 0.